The monoisotopic (exact) mass is 266 g/mol. The van der Waals surface area contributed by atoms with Crippen molar-refractivity contribution in [3.63, 3.8) is 0 Å². The quantitative estimate of drug-likeness (QED) is 0.785. The molecular weight excluding hydrogens is 248 g/mol. The fourth-order valence-electron chi connectivity index (χ4n) is 2.57. The van der Waals surface area contributed by atoms with Crippen LogP contribution in [0.15, 0.2) is 18.2 Å². The maximum atomic E-state index is 12.5. The van der Waals surface area contributed by atoms with E-state index in [1.807, 2.05) is 24.0 Å². The van der Waals surface area contributed by atoms with Crippen LogP contribution in [0.4, 0.5) is 0 Å². The van der Waals surface area contributed by atoms with Crippen LogP contribution in [0.5, 0.6) is 0 Å². The second-order valence-electron chi connectivity index (χ2n) is 4.79. The summed E-state index contributed by atoms with van der Waals surface area (Å²) in [5.74, 6) is 0.500. The number of alkyl halides is 1. The molecule has 98 valence electrons. The van der Waals surface area contributed by atoms with E-state index in [1.165, 1.54) is 12.8 Å². The Kier molecular flexibility index (Phi) is 4.59. The Morgan fingerprint density at radius 3 is 2.78 bits per heavy atom. The Bertz CT molecular complexity index is 416. The van der Waals surface area contributed by atoms with Crippen molar-refractivity contribution in [3.8, 4) is 0 Å². The second-order valence-corrected chi connectivity index (χ2v) is 5.17. The van der Waals surface area contributed by atoms with Crippen LogP contribution in [-0.4, -0.2) is 34.3 Å². The molecule has 1 aromatic rings. The lowest BCUT2D eigenvalue weighted by molar-refractivity contribution is 0.0689. The van der Waals surface area contributed by atoms with Crippen LogP contribution >= 0.6 is 11.6 Å². The van der Waals surface area contributed by atoms with E-state index >= 15 is 0 Å². The van der Waals surface area contributed by atoms with Crippen LogP contribution in [0.2, 0.25) is 0 Å². The van der Waals surface area contributed by atoms with E-state index in [2.05, 4.69) is 4.98 Å². The van der Waals surface area contributed by atoms with Gasteiger partial charge in [-0.3, -0.25) is 4.79 Å². The van der Waals surface area contributed by atoms with Crippen LogP contribution in [0.3, 0.4) is 0 Å². The molecule has 4 heteroatoms. The van der Waals surface area contributed by atoms with Crippen molar-refractivity contribution >= 4 is 17.5 Å². The van der Waals surface area contributed by atoms with E-state index in [4.69, 9.17) is 11.6 Å². The number of nitrogens with zero attached hydrogens (tertiary/aromatic N) is 2. The number of rotatable bonds is 4. The van der Waals surface area contributed by atoms with E-state index in [1.54, 1.807) is 6.07 Å². The molecule has 1 saturated carbocycles. The molecule has 1 aliphatic rings. The van der Waals surface area contributed by atoms with Gasteiger partial charge in [0.25, 0.3) is 5.91 Å². The lowest BCUT2D eigenvalue weighted by atomic mass is 10.2. The maximum absolute atomic E-state index is 12.5. The largest absolute Gasteiger partial charge is 0.333 e. The Morgan fingerprint density at radius 1 is 1.44 bits per heavy atom. The first-order valence-electron chi connectivity index (χ1n) is 6.53. The topological polar surface area (TPSA) is 33.2 Å². The van der Waals surface area contributed by atoms with Crippen molar-refractivity contribution in [2.75, 3.05) is 12.4 Å². The van der Waals surface area contributed by atoms with Gasteiger partial charge in [0.1, 0.15) is 5.69 Å². The maximum Gasteiger partial charge on any atom is 0.272 e. The zero-order chi connectivity index (χ0) is 13.0. The van der Waals surface area contributed by atoms with E-state index < -0.39 is 0 Å². The number of carbonyl (C=O) groups is 1. The first kappa shape index (κ1) is 13.3. The highest BCUT2D eigenvalue weighted by Gasteiger charge is 2.27. The first-order chi connectivity index (χ1) is 8.72. The molecule has 18 heavy (non-hydrogen) atoms. The van der Waals surface area contributed by atoms with Gasteiger partial charge in [-0.1, -0.05) is 18.9 Å². The van der Waals surface area contributed by atoms with Crippen LogP contribution in [0, 0.1) is 6.92 Å². The standard InChI is InChI=1S/C14H19ClN2O/c1-11-5-4-8-13(16-11)14(18)17(10-9-15)12-6-2-3-7-12/h4-5,8,12H,2-3,6-7,9-10H2,1H3. The summed E-state index contributed by atoms with van der Waals surface area (Å²) >= 11 is 5.82. The Balaban J connectivity index is 2.17. The van der Waals surface area contributed by atoms with Gasteiger partial charge in [0.2, 0.25) is 0 Å². The molecule has 0 bridgehead atoms. The smallest absolute Gasteiger partial charge is 0.272 e. The number of aryl methyl sites for hydroxylation is 1. The van der Waals surface area contributed by atoms with Crippen LogP contribution in [0.25, 0.3) is 0 Å². The van der Waals surface area contributed by atoms with Crippen LogP contribution in [0.1, 0.15) is 41.9 Å². The molecule has 0 spiro atoms. The molecular formula is C14H19ClN2O. The highest BCUT2D eigenvalue weighted by molar-refractivity contribution is 6.18. The van der Waals surface area contributed by atoms with Gasteiger partial charge in [-0.2, -0.15) is 0 Å². The average Bonchev–Trinajstić information content (AvgIpc) is 2.89. The zero-order valence-corrected chi connectivity index (χ0v) is 11.5. The van der Waals surface area contributed by atoms with Gasteiger partial charge < -0.3 is 4.90 Å². The number of amides is 1. The summed E-state index contributed by atoms with van der Waals surface area (Å²) in [4.78, 5) is 18.7. The molecule has 0 saturated heterocycles. The number of pyridine rings is 1. The van der Waals surface area contributed by atoms with Gasteiger partial charge in [0.05, 0.1) is 0 Å². The zero-order valence-electron chi connectivity index (χ0n) is 10.7. The second kappa shape index (κ2) is 6.19. The highest BCUT2D eigenvalue weighted by atomic mass is 35.5. The minimum atomic E-state index is 0.0197. The van der Waals surface area contributed by atoms with Crippen molar-refractivity contribution in [1.29, 1.82) is 0 Å². The Hall–Kier alpha value is -1.09. The molecule has 0 aromatic carbocycles. The molecule has 0 radical (unpaired) electrons. The number of carbonyl (C=O) groups excluding carboxylic acids is 1. The predicted octanol–water partition coefficient (Wildman–Crippen LogP) is 3.01. The van der Waals surface area contributed by atoms with Gasteiger partial charge in [0, 0.05) is 24.2 Å². The summed E-state index contributed by atoms with van der Waals surface area (Å²) in [5, 5.41) is 0. The SMILES string of the molecule is Cc1cccc(C(=O)N(CCCl)C2CCCC2)n1. The molecule has 0 N–H and O–H groups in total. The van der Waals surface area contributed by atoms with Gasteiger partial charge in [0.15, 0.2) is 0 Å². The first-order valence-corrected chi connectivity index (χ1v) is 7.06. The fraction of sp³-hybridized carbons (Fsp3) is 0.571. The number of hydrogen-bond donors (Lipinski definition) is 0. The fourth-order valence-corrected chi connectivity index (χ4v) is 2.75. The minimum Gasteiger partial charge on any atom is -0.333 e. The molecule has 3 nitrogen and oxygen atoms in total. The number of halogens is 1. The molecule has 0 atom stereocenters. The molecule has 1 amide bonds. The lowest BCUT2D eigenvalue weighted by Gasteiger charge is -2.28. The normalized spacial score (nSPS) is 15.9. The third-order valence-corrected chi connectivity index (χ3v) is 3.63. The molecule has 1 fully saturated rings. The van der Waals surface area contributed by atoms with Crippen molar-refractivity contribution in [1.82, 2.24) is 9.88 Å². The van der Waals surface area contributed by atoms with Crippen LogP contribution in [-0.2, 0) is 0 Å². The minimum absolute atomic E-state index is 0.0197. The van der Waals surface area contributed by atoms with Gasteiger partial charge >= 0.3 is 0 Å². The summed E-state index contributed by atoms with van der Waals surface area (Å²) in [6.45, 7) is 2.51. The molecule has 0 aliphatic heterocycles. The molecule has 2 rings (SSSR count). The van der Waals surface area contributed by atoms with E-state index in [-0.39, 0.29) is 5.91 Å². The van der Waals surface area contributed by atoms with Crippen molar-refractivity contribution in [2.24, 2.45) is 0 Å². The van der Waals surface area contributed by atoms with Gasteiger partial charge in [-0.05, 0) is 31.9 Å². The van der Waals surface area contributed by atoms with Gasteiger partial charge in [-0.15, -0.1) is 11.6 Å². The summed E-state index contributed by atoms with van der Waals surface area (Å²) in [5.41, 5.74) is 1.41. The number of aromatic nitrogens is 1. The molecule has 1 aliphatic carbocycles. The number of hydrogen-bond acceptors (Lipinski definition) is 2. The molecule has 0 unspecified atom stereocenters. The van der Waals surface area contributed by atoms with E-state index in [9.17, 15) is 4.79 Å². The van der Waals surface area contributed by atoms with Crippen LogP contribution < -0.4 is 0 Å². The summed E-state index contributed by atoms with van der Waals surface area (Å²) in [6.07, 6.45) is 4.60. The van der Waals surface area contributed by atoms with Crippen molar-refractivity contribution < 1.29 is 4.79 Å². The lowest BCUT2D eigenvalue weighted by Crippen LogP contribution is -2.40. The third-order valence-electron chi connectivity index (χ3n) is 3.46. The van der Waals surface area contributed by atoms with E-state index in [0.717, 1.165) is 18.5 Å². The van der Waals surface area contributed by atoms with E-state index in [0.29, 0.717) is 24.2 Å². The predicted molar refractivity (Wildman–Crippen MR) is 73.0 cm³/mol. The van der Waals surface area contributed by atoms with Crippen molar-refractivity contribution in [3.05, 3.63) is 29.6 Å². The Labute approximate surface area is 113 Å². The Morgan fingerprint density at radius 2 is 2.17 bits per heavy atom. The van der Waals surface area contributed by atoms with Crippen molar-refractivity contribution in [2.45, 2.75) is 38.6 Å². The third kappa shape index (κ3) is 3.02. The molecule has 1 heterocycles. The average molecular weight is 267 g/mol. The summed E-state index contributed by atoms with van der Waals surface area (Å²) < 4.78 is 0. The molecule has 1 aromatic heterocycles. The highest BCUT2D eigenvalue weighted by Crippen LogP contribution is 2.24. The summed E-state index contributed by atoms with van der Waals surface area (Å²) in [6, 6.07) is 5.91. The summed E-state index contributed by atoms with van der Waals surface area (Å²) in [7, 11) is 0. The van der Waals surface area contributed by atoms with Gasteiger partial charge in [-0.25, -0.2) is 4.98 Å².